The molecule has 0 spiro atoms. The van der Waals surface area contributed by atoms with E-state index in [4.69, 9.17) is 0 Å². The zero-order chi connectivity index (χ0) is 21.4. The molecule has 5 heteroatoms. The van der Waals surface area contributed by atoms with Crippen LogP contribution in [0.5, 0.6) is 0 Å². The van der Waals surface area contributed by atoms with Gasteiger partial charge in [0, 0.05) is 5.69 Å². The number of hydrogen-bond acceptors (Lipinski definition) is 2. The molecule has 0 fully saturated rings. The number of carbonyl (C=O) groups is 2. The molecule has 3 N–H and O–H groups in total. The Morgan fingerprint density at radius 3 is 2.21 bits per heavy atom. The standard InChI is InChI=1S/C24H33N3O2/c1-6-11-21(20-14-8-7-9-15-20)25-24(29)19(4)27(5)16-22(28)26-23-17(2)12-10-13-18(23)3/h7-10,12-15,19,21H,6,11,16H2,1-5H3,(H,25,29)(H,26,28)/p+1/t19-,21-/m1/s1. The van der Waals surface area contributed by atoms with E-state index in [9.17, 15) is 9.59 Å². The molecule has 29 heavy (non-hydrogen) atoms. The van der Waals surface area contributed by atoms with Crippen molar-refractivity contribution >= 4 is 17.5 Å². The summed E-state index contributed by atoms with van der Waals surface area (Å²) >= 11 is 0. The van der Waals surface area contributed by atoms with Crippen LogP contribution in [0.1, 0.15) is 49.4 Å². The molecule has 5 nitrogen and oxygen atoms in total. The second-order valence-electron chi connectivity index (χ2n) is 7.82. The Morgan fingerprint density at radius 1 is 1.00 bits per heavy atom. The molecule has 2 rings (SSSR count). The fourth-order valence-electron chi connectivity index (χ4n) is 3.42. The van der Waals surface area contributed by atoms with Crippen molar-refractivity contribution in [1.29, 1.82) is 0 Å². The number of anilines is 1. The van der Waals surface area contributed by atoms with E-state index in [1.807, 2.05) is 76.3 Å². The normalized spacial score (nSPS) is 14.0. The third-order valence-corrected chi connectivity index (χ3v) is 5.41. The van der Waals surface area contributed by atoms with Gasteiger partial charge in [-0.1, -0.05) is 61.9 Å². The van der Waals surface area contributed by atoms with Crippen LogP contribution in [0.3, 0.4) is 0 Å². The number of rotatable bonds is 9. The number of nitrogens with one attached hydrogen (secondary N) is 3. The van der Waals surface area contributed by atoms with E-state index in [0.717, 1.165) is 40.1 Å². The molecule has 0 aliphatic rings. The van der Waals surface area contributed by atoms with Gasteiger partial charge < -0.3 is 15.5 Å². The highest BCUT2D eigenvalue weighted by molar-refractivity contribution is 5.93. The van der Waals surface area contributed by atoms with Crippen LogP contribution in [0.15, 0.2) is 48.5 Å². The van der Waals surface area contributed by atoms with Gasteiger partial charge in [-0.2, -0.15) is 0 Å². The average molecular weight is 397 g/mol. The van der Waals surface area contributed by atoms with Gasteiger partial charge in [0.05, 0.1) is 13.1 Å². The third kappa shape index (κ3) is 6.43. The number of aryl methyl sites for hydroxylation is 2. The van der Waals surface area contributed by atoms with Crippen molar-refractivity contribution in [2.45, 2.75) is 52.6 Å². The summed E-state index contributed by atoms with van der Waals surface area (Å²) in [5.74, 6) is -0.127. The maximum atomic E-state index is 12.8. The van der Waals surface area contributed by atoms with Crippen molar-refractivity contribution in [1.82, 2.24) is 5.32 Å². The predicted octanol–water partition coefficient (Wildman–Crippen LogP) is 2.80. The van der Waals surface area contributed by atoms with Gasteiger partial charge in [-0.05, 0) is 43.9 Å². The van der Waals surface area contributed by atoms with E-state index in [1.54, 1.807) is 0 Å². The summed E-state index contributed by atoms with van der Waals surface area (Å²) < 4.78 is 0. The molecule has 2 aromatic carbocycles. The lowest BCUT2D eigenvalue weighted by atomic mass is 10.0. The molecule has 1 unspecified atom stereocenters. The van der Waals surface area contributed by atoms with Crippen molar-refractivity contribution in [3.63, 3.8) is 0 Å². The number of amides is 2. The summed E-state index contributed by atoms with van der Waals surface area (Å²) in [6.45, 7) is 8.16. The Labute approximate surface area is 174 Å². The van der Waals surface area contributed by atoms with E-state index in [2.05, 4.69) is 17.6 Å². The third-order valence-electron chi connectivity index (χ3n) is 5.41. The first-order valence-electron chi connectivity index (χ1n) is 10.4. The molecule has 3 atom stereocenters. The zero-order valence-electron chi connectivity index (χ0n) is 18.2. The second-order valence-corrected chi connectivity index (χ2v) is 7.82. The number of carbonyl (C=O) groups excluding carboxylic acids is 2. The summed E-state index contributed by atoms with van der Waals surface area (Å²) in [5.41, 5.74) is 4.04. The fraction of sp³-hybridized carbons (Fsp3) is 0.417. The van der Waals surface area contributed by atoms with E-state index in [1.165, 1.54) is 0 Å². The lowest BCUT2D eigenvalue weighted by Gasteiger charge is -2.24. The van der Waals surface area contributed by atoms with E-state index >= 15 is 0 Å². The minimum Gasteiger partial charge on any atom is -0.344 e. The number of benzene rings is 2. The lowest BCUT2D eigenvalue weighted by molar-refractivity contribution is -0.885. The topological polar surface area (TPSA) is 62.6 Å². The Bertz CT molecular complexity index is 800. The summed E-state index contributed by atoms with van der Waals surface area (Å²) in [7, 11) is 1.88. The SMILES string of the molecule is CCC[C@@H](NC(=O)[C@@H](C)[NH+](C)CC(=O)Nc1c(C)cccc1C)c1ccccc1. The van der Waals surface area contributed by atoms with Gasteiger partial charge in [0.15, 0.2) is 12.6 Å². The first kappa shape index (κ1) is 22.6. The molecule has 0 aromatic heterocycles. The van der Waals surface area contributed by atoms with Crippen LogP contribution in [0.2, 0.25) is 0 Å². The van der Waals surface area contributed by atoms with Crippen molar-refractivity contribution in [2.75, 3.05) is 18.9 Å². The van der Waals surface area contributed by atoms with Crippen LogP contribution in [0.25, 0.3) is 0 Å². The molecule has 2 aromatic rings. The van der Waals surface area contributed by atoms with Crippen LogP contribution >= 0.6 is 0 Å². The molecular formula is C24H34N3O2+. The quantitative estimate of drug-likeness (QED) is 0.610. The largest absolute Gasteiger partial charge is 0.344 e. The molecule has 0 heterocycles. The maximum absolute atomic E-state index is 12.8. The minimum atomic E-state index is -0.332. The minimum absolute atomic E-state index is 0.00704. The predicted molar refractivity (Wildman–Crippen MR) is 118 cm³/mol. The van der Waals surface area contributed by atoms with E-state index in [0.29, 0.717) is 0 Å². The Hall–Kier alpha value is -2.66. The molecule has 156 valence electrons. The summed E-state index contributed by atoms with van der Waals surface area (Å²) in [6, 6.07) is 15.6. The molecule has 2 amide bonds. The average Bonchev–Trinajstić information content (AvgIpc) is 2.70. The molecular weight excluding hydrogens is 362 g/mol. The lowest BCUT2D eigenvalue weighted by Crippen LogP contribution is -3.15. The summed E-state index contributed by atoms with van der Waals surface area (Å²) in [5, 5.41) is 6.16. The van der Waals surface area contributed by atoms with E-state index in [-0.39, 0.29) is 30.4 Å². The van der Waals surface area contributed by atoms with Crippen LogP contribution < -0.4 is 15.5 Å². The first-order valence-corrected chi connectivity index (χ1v) is 10.4. The highest BCUT2D eigenvalue weighted by atomic mass is 16.2. The highest BCUT2D eigenvalue weighted by Gasteiger charge is 2.26. The molecule has 0 saturated heterocycles. The van der Waals surface area contributed by atoms with Gasteiger partial charge in [0.2, 0.25) is 0 Å². The molecule has 0 bridgehead atoms. The Kier molecular flexibility index (Phi) is 8.40. The van der Waals surface area contributed by atoms with Gasteiger partial charge in [-0.15, -0.1) is 0 Å². The number of hydrogen-bond donors (Lipinski definition) is 3. The summed E-state index contributed by atoms with van der Waals surface area (Å²) in [6.07, 6.45) is 1.86. The molecule has 0 aliphatic heterocycles. The van der Waals surface area contributed by atoms with Gasteiger partial charge in [0.25, 0.3) is 11.8 Å². The van der Waals surface area contributed by atoms with Gasteiger partial charge in [-0.3, -0.25) is 9.59 Å². The van der Waals surface area contributed by atoms with Crippen molar-refractivity contribution in [3.8, 4) is 0 Å². The van der Waals surface area contributed by atoms with E-state index < -0.39 is 0 Å². The van der Waals surface area contributed by atoms with Crippen molar-refractivity contribution in [2.24, 2.45) is 0 Å². The Balaban J connectivity index is 1.96. The molecule has 0 radical (unpaired) electrons. The monoisotopic (exact) mass is 396 g/mol. The highest BCUT2D eigenvalue weighted by Crippen LogP contribution is 2.19. The fourth-order valence-corrected chi connectivity index (χ4v) is 3.42. The molecule has 0 aliphatic carbocycles. The number of para-hydroxylation sites is 1. The van der Waals surface area contributed by atoms with Crippen molar-refractivity contribution < 1.29 is 14.5 Å². The van der Waals surface area contributed by atoms with Crippen LogP contribution in [-0.2, 0) is 9.59 Å². The van der Waals surface area contributed by atoms with Crippen LogP contribution in [0.4, 0.5) is 5.69 Å². The summed E-state index contributed by atoms with van der Waals surface area (Å²) in [4.78, 5) is 26.2. The van der Waals surface area contributed by atoms with Gasteiger partial charge in [0.1, 0.15) is 0 Å². The maximum Gasteiger partial charge on any atom is 0.279 e. The molecule has 0 saturated carbocycles. The zero-order valence-corrected chi connectivity index (χ0v) is 18.2. The second kappa shape index (κ2) is 10.8. The van der Waals surface area contributed by atoms with Gasteiger partial charge >= 0.3 is 0 Å². The van der Waals surface area contributed by atoms with Crippen LogP contribution in [0, 0.1) is 13.8 Å². The number of likely N-dealkylation sites (N-methyl/N-ethyl adjacent to an activating group) is 1. The smallest absolute Gasteiger partial charge is 0.279 e. The van der Waals surface area contributed by atoms with Gasteiger partial charge in [-0.25, -0.2) is 0 Å². The number of quaternary nitrogens is 1. The first-order chi connectivity index (χ1) is 13.8. The van der Waals surface area contributed by atoms with Crippen molar-refractivity contribution in [3.05, 3.63) is 65.2 Å². The Morgan fingerprint density at radius 2 is 1.62 bits per heavy atom. The van der Waals surface area contributed by atoms with Crippen LogP contribution in [-0.4, -0.2) is 31.4 Å².